The molecular weight excluding hydrogens is 670 g/mol. The van der Waals surface area contributed by atoms with Gasteiger partial charge in [-0.3, -0.25) is 0 Å². The fourth-order valence-electron chi connectivity index (χ4n) is 0.279. The van der Waals surface area contributed by atoms with E-state index in [1.165, 1.54) is 0 Å². The van der Waals surface area contributed by atoms with Crippen molar-refractivity contribution in [2.75, 3.05) is 0 Å². The molecule has 0 N–H and O–H groups in total. The van der Waals surface area contributed by atoms with Gasteiger partial charge in [0.25, 0.3) is 0 Å². The van der Waals surface area contributed by atoms with E-state index in [1.54, 1.807) is 0 Å². The molecule has 1 aliphatic heterocycles. The zero-order chi connectivity index (χ0) is 4.24. The van der Waals surface area contributed by atoms with Crippen LogP contribution in [0.5, 0.6) is 0 Å². The van der Waals surface area contributed by atoms with Crippen LogP contribution in [0.4, 0.5) is 0 Å². The Bertz CT molecular complexity index is 21.5. The summed E-state index contributed by atoms with van der Waals surface area (Å²) < 4.78 is 15.4. The Morgan fingerprint density at radius 3 is 1.17 bits per heavy atom. The molecule has 6 heavy (non-hydrogen) atoms. The first-order chi connectivity index (χ1) is 3.00. The Morgan fingerprint density at radius 1 is 0.667 bits per heavy atom. The van der Waals surface area contributed by atoms with Gasteiger partial charge in [-0.05, 0) is 0 Å². The molecule has 1 saturated heterocycles. The Kier molecular flexibility index (Phi) is 5.09. The van der Waals surface area contributed by atoms with Gasteiger partial charge in [-0.2, -0.15) is 0 Å². The molecule has 1 fully saturated rings. The van der Waals surface area contributed by atoms with Crippen LogP contribution in [0.2, 0.25) is 0 Å². The van der Waals surface area contributed by atoms with Crippen molar-refractivity contribution in [3.05, 3.63) is 0 Å². The van der Waals surface area contributed by atoms with Gasteiger partial charge in [-0.15, -0.1) is 0 Å². The average molecular weight is 676 g/mol. The van der Waals surface area contributed by atoms with Crippen molar-refractivity contribution < 1.29 is 1.91 Å². The minimum atomic E-state index is -1.01. The molecule has 0 atom stereocenters. The van der Waals surface area contributed by atoms with Gasteiger partial charge < -0.3 is 0 Å². The van der Waals surface area contributed by atoms with Gasteiger partial charge in [0, 0.05) is 0 Å². The van der Waals surface area contributed by atoms with E-state index in [9.17, 15) is 0 Å². The summed E-state index contributed by atoms with van der Waals surface area (Å²) in [6.07, 6.45) is 0. The Balaban J connectivity index is 2.00. The Morgan fingerprint density at radius 2 is 1.00 bits per heavy atom. The summed E-state index contributed by atoms with van der Waals surface area (Å²) in [7, 11) is 0. The molecule has 0 saturated carbocycles. The summed E-state index contributed by atoms with van der Waals surface area (Å²) in [5.41, 5.74) is 0. The maximum absolute atomic E-state index is 5.12. The Labute approximate surface area is 75.7 Å². The second kappa shape index (κ2) is 4.52. The van der Waals surface area contributed by atoms with Gasteiger partial charge in [0.15, 0.2) is 0 Å². The number of hydrogen-bond donors (Lipinski definition) is 0. The normalized spacial score (nSPS) is 36.0. The minimum absolute atomic E-state index is 1.01. The maximum atomic E-state index is 5.12. The van der Waals surface area contributed by atoms with Crippen LogP contribution in [-0.2, 0) is 1.91 Å². The monoisotopic (exact) mass is 678 g/mol. The van der Waals surface area contributed by atoms with E-state index in [0.29, 0.717) is 0 Å². The summed E-state index contributed by atoms with van der Waals surface area (Å²) in [4.78, 5) is 0. The molecule has 0 radical (unpaired) electrons. The second-order valence-corrected chi connectivity index (χ2v) is 50.3. The van der Waals surface area contributed by atoms with Crippen LogP contribution in [0.3, 0.4) is 0 Å². The van der Waals surface area contributed by atoms with Crippen molar-refractivity contribution in [3.8, 4) is 0 Å². The molecule has 0 aromatic rings. The fraction of sp³-hybridized carbons (Fsp3) is 0. The van der Waals surface area contributed by atoms with E-state index in [-0.39, 0.29) is 0 Å². The van der Waals surface area contributed by atoms with Crippen LogP contribution in [0, 0.1) is 0 Å². The van der Waals surface area contributed by atoms with E-state index in [4.69, 9.17) is 1.91 Å². The van der Waals surface area contributed by atoms with Gasteiger partial charge in [0.1, 0.15) is 0 Å². The van der Waals surface area contributed by atoms with Crippen molar-refractivity contribution in [1.29, 1.82) is 0 Å². The van der Waals surface area contributed by atoms with Gasteiger partial charge in [0.2, 0.25) is 0 Å². The van der Waals surface area contributed by atoms with E-state index in [2.05, 4.69) is 0 Å². The van der Waals surface area contributed by atoms with Crippen LogP contribution in [0.15, 0.2) is 0 Å². The molecule has 1 aliphatic rings. The third-order valence-corrected chi connectivity index (χ3v) is 38.5. The molecule has 0 aromatic heterocycles. The van der Waals surface area contributed by atoms with Gasteiger partial charge >= 0.3 is 77.3 Å². The molecule has 0 amide bonds. The van der Waals surface area contributed by atoms with Crippen LogP contribution >= 0.6 is 0 Å². The van der Waals surface area contributed by atoms with Crippen molar-refractivity contribution in [2.24, 2.45) is 0 Å². The molecular formula is H6O3Pb3. The predicted octanol–water partition coefficient (Wildman–Crippen LogP) is -2.95. The number of rotatable bonds is 0. The molecule has 0 aliphatic carbocycles. The Hall–Kier alpha value is 2.65. The summed E-state index contributed by atoms with van der Waals surface area (Å²) in [6.45, 7) is 0. The summed E-state index contributed by atoms with van der Waals surface area (Å²) in [6, 6.07) is 0. The molecule has 1 rings (SSSR count). The summed E-state index contributed by atoms with van der Waals surface area (Å²) in [5, 5.41) is 0. The second-order valence-electron chi connectivity index (χ2n) is 0.966. The first-order valence-electron chi connectivity index (χ1n) is 1.73. The van der Waals surface area contributed by atoms with Crippen LogP contribution in [0.1, 0.15) is 0 Å². The van der Waals surface area contributed by atoms with Crippen molar-refractivity contribution in [1.82, 2.24) is 0 Å². The summed E-state index contributed by atoms with van der Waals surface area (Å²) in [5.74, 6) is 0. The first kappa shape index (κ1) is 6.76. The van der Waals surface area contributed by atoms with Crippen LogP contribution in [-0.4, -0.2) is 75.4 Å². The van der Waals surface area contributed by atoms with Crippen LogP contribution in [0.25, 0.3) is 0 Å². The summed E-state index contributed by atoms with van der Waals surface area (Å²) >= 11 is -3.04. The quantitative estimate of drug-likeness (QED) is 0.258. The topological polar surface area (TPSA) is 27.7 Å². The molecule has 0 aromatic carbocycles. The van der Waals surface area contributed by atoms with Gasteiger partial charge in [-0.1, -0.05) is 0 Å². The van der Waals surface area contributed by atoms with Crippen molar-refractivity contribution >= 4 is 75.4 Å². The molecule has 3 nitrogen and oxygen atoms in total. The standard InChI is InChI=1S/3O.3Pb.6H. The van der Waals surface area contributed by atoms with Gasteiger partial charge in [-0.25, -0.2) is 0 Å². The average Bonchev–Trinajstić information content (AvgIpc) is 1.72. The fourth-order valence-corrected chi connectivity index (χ4v) is 127. The van der Waals surface area contributed by atoms with Crippen LogP contribution < -0.4 is 0 Å². The molecule has 6 heteroatoms. The molecule has 1 heterocycles. The predicted molar refractivity (Wildman–Crippen MR) is 28.9 cm³/mol. The van der Waals surface area contributed by atoms with Crippen molar-refractivity contribution in [3.63, 3.8) is 0 Å². The van der Waals surface area contributed by atoms with E-state index in [0.717, 1.165) is 0 Å². The third-order valence-electron chi connectivity index (χ3n) is 0.500. The zero-order valence-electron chi connectivity index (χ0n) is 3.35. The number of hydrogen-bond acceptors (Lipinski definition) is 3. The zero-order valence-corrected chi connectivity index (χ0v) is 19.8. The third kappa shape index (κ3) is 2.83. The molecule has 0 unspecified atom stereocenters. The van der Waals surface area contributed by atoms with Gasteiger partial charge in [0.05, 0.1) is 0 Å². The first-order valence-corrected chi connectivity index (χ1v) is 15.2. The van der Waals surface area contributed by atoms with E-state index in [1.807, 2.05) is 0 Å². The van der Waals surface area contributed by atoms with E-state index < -0.39 is 75.4 Å². The molecule has 0 bridgehead atoms. The molecule has 0 spiro atoms. The van der Waals surface area contributed by atoms with E-state index >= 15 is 0 Å². The molecule has 36 valence electrons. The van der Waals surface area contributed by atoms with Crippen molar-refractivity contribution in [2.45, 2.75) is 0 Å². The SMILES string of the molecule is [O]1[PbH2][O][PbH2][O][PbH2]1.